The van der Waals surface area contributed by atoms with Crippen molar-refractivity contribution in [2.45, 2.75) is 17.6 Å². The lowest BCUT2D eigenvalue weighted by Crippen LogP contribution is -2.48. The van der Waals surface area contributed by atoms with Gasteiger partial charge in [0.15, 0.2) is 16.7 Å². The summed E-state index contributed by atoms with van der Waals surface area (Å²) < 4.78 is 7.00. The number of benzene rings is 1. The maximum Gasteiger partial charge on any atom is 0.344 e. The molecule has 1 aromatic carbocycles. The molecule has 4 amide bonds. The Bertz CT molecular complexity index is 1100. The standard InChI is InChI=1S/C19H18N6O4S/c1-19(12-7-4-3-5-8-12)16(27)25(17(28)20-19)23-14(26)11-30-18-22-21-15(24(18)2)13-9-6-10-29-13/h3-10H,11H2,1-2H3,(H,20,28)(H,23,26). The van der Waals surface area contributed by atoms with Gasteiger partial charge in [0.05, 0.1) is 12.0 Å². The molecule has 154 valence electrons. The third-order valence-electron chi connectivity index (χ3n) is 4.69. The number of nitrogens with one attached hydrogen (secondary N) is 2. The molecule has 0 spiro atoms. The van der Waals surface area contributed by atoms with E-state index in [1.165, 1.54) is 6.26 Å². The molecular weight excluding hydrogens is 408 g/mol. The number of nitrogens with zero attached hydrogens (tertiary/aromatic N) is 4. The number of hydrazine groups is 1. The van der Waals surface area contributed by atoms with Gasteiger partial charge in [-0.15, -0.1) is 10.2 Å². The predicted octanol–water partition coefficient (Wildman–Crippen LogP) is 1.67. The SMILES string of the molecule is Cn1c(SCC(=O)NN2C(=O)NC(C)(c3ccccc3)C2=O)nnc1-c1ccco1. The fraction of sp³-hybridized carbons (Fsp3) is 0.211. The van der Waals surface area contributed by atoms with E-state index in [-0.39, 0.29) is 5.75 Å². The zero-order valence-electron chi connectivity index (χ0n) is 16.2. The van der Waals surface area contributed by atoms with Crippen molar-refractivity contribution >= 4 is 29.6 Å². The highest BCUT2D eigenvalue weighted by Gasteiger charge is 2.49. The van der Waals surface area contributed by atoms with Gasteiger partial charge in [-0.25, -0.2) is 4.79 Å². The molecule has 11 heteroatoms. The third-order valence-corrected chi connectivity index (χ3v) is 5.71. The van der Waals surface area contributed by atoms with Crippen molar-refractivity contribution in [3.63, 3.8) is 0 Å². The third kappa shape index (κ3) is 3.43. The lowest BCUT2D eigenvalue weighted by Gasteiger charge is -2.22. The molecule has 1 fully saturated rings. The van der Waals surface area contributed by atoms with E-state index in [2.05, 4.69) is 20.9 Å². The molecule has 1 saturated heterocycles. The Hall–Kier alpha value is -3.60. The van der Waals surface area contributed by atoms with Crippen molar-refractivity contribution in [2.75, 3.05) is 5.75 Å². The minimum Gasteiger partial charge on any atom is -0.461 e. The Morgan fingerprint density at radius 3 is 2.67 bits per heavy atom. The average molecular weight is 426 g/mol. The first-order chi connectivity index (χ1) is 14.4. The van der Waals surface area contributed by atoms with Crippen molar-refractivity contribution in [3.05, 3.63) is 54.3 Å². The van der Waals surface area contributed by atoms with E-state index in [4.69, 9.17) is 4.42 Å². The van der Waals surface area contributed by atoms with Gasteiger partial charge < -0.3 is 14.3 Å². The molecule has 0 saturated carbocycles. The maximum atomic E-state index is 12.8. The monoisotopic (exact) mass is 426 g/mol. The van der Waals surface area contributed by atoms with Crippen LogP contribution in [0, 0.1) is 0 Å². The first-order valence-corrected chi connectivity index (χ1v) is 9.96. The number of urea groups is 1. The minimum absolute atomic E-state index is 0.0662. The second kappa shape index (κ2) is 7.67. The van der Waals surface area contributed by atoms with E-state index in [1.54, 1.807) is 54.9 Å². The van der Waals surface area contributed by atoms with Crippen LogP contribution in [0.3, 0.4) is 0 Å². The average Bonchev–Trinajstić information content (AvgIpc) is 3.44. The Balaban J connectivity index is 1.40. The quantitative estimate of drug-likeness (QED) is 0.454. The Labute approximate surface area is 175 Å². The number of hydrogen-bond donors (Lipinski definition) is 2. The summed E-state index contributed by atoms with van der Waals surface area (Å²) in [5.41, 5.74) is 1.74. The van der Waals surface area contributed by atoms with E-state index in [0.29, 0.717) is 27.3 Å². The number of carbonyl (C=O) groups excluding carboxylic acids is 3. The number of thioether (sulfide) groups is 1. The van der Waals surface area contributed by atoms with Gasteiger partial charge in [0.25, 0.3) is 5.91 Å². The van der Waals surface area contributed by atoms with Crippen LogP contribution in [0.15, 0.2) is 58.3 Å². The highest BCUT2D eigenvalue weighted by atomic mass is 32.2. The van der Waals surface area contributed by atoms with Crippen LogP contribution in [-0.2, 0) is 22.2 Å². The van der Waals surface area contributed by atoms with Gasteiger partial charge in [-0.1, -0.05) is 42.1 Å². The molecule has 30 heavy (non-hydrogen) atoms. The lowest BCUT2D eigenvalue weighted by atomic mass is 9.92. The molecule has 2 aromatic heterocycles. The summed E-state index contributed by atoms with van der Waals surface area (Å²) in [6, 6.07) is 11.6. The number of imide groups is 1. The van der Waals surface area contributed by atoms with Crippen molar-refractivity contribution in [1.29, 1.82) is 0 Å². The largest absolute Gasteiger partial charge is 0.461 e. The highest BCUT2D eigenvalue weighted by molar-refractivity contribution is 7.99. The van der Waals surface area contributed by atoms with Crippen molar-refractivity contribution in [2.24, 2.45) is 7.05 Å². The Kier molecular flexibility index (Phi) is 5.04. The molecule has 1 aliphatic rings. The molecule has 3 aromatic rings. The summed E-state index contributed by atoms with van der Waals surface area (Å²) in [4.78, 5) is 37.5. The first-order valence-electron chi connectivity index (χ1n) is 8.98. The van der Waals surface area contributed by atoms with Crippen LogP contribution < -0.4 is 10.7 Å². The second-order valence-electron chi connectivity index (χ2n) is 6.73. The summed E-state index contributed by atoms with van der Waals surface area (Å²) in [5, 5.41) is 11.9. The van der Waals surface area contributed by atoms with Crippen molar-refractivity contribution in [3.8, 4) is 11.6 Å². The topological polar surface area (TPSA) is 122 Å². The fourth-order valence-corrected chi connectivity index (χ4v) is 3.76. The zero-order valence-corrected chi connectivity index (χ0v) is 17.0. The maximum absolute atomic E-state index is 12.8. The number of aromatic nitrogens is 3. The smallest absolute Gasteiger partial charge is 0.344 e. The first kappa shape index (κ1) is 19.7. The molecule has 10 nitrogen and oxygen atoms in total. The van der Waals surface area contributed by atoms with Crippen LogP contribution in [0.25, 0.3) is 11.6 Å². The summed E-state index contributed by atoms with van der Waals surface area (Å²) in [6.45, 7) is 1.60. The van der Waals surface area contributed by atoms with E-state index in [9.17, 15) is 14.4 Å². The van der Waals surface area contributed by atoms with Crippen LogP contribution in [0.2, 0.25) is 0 Å². The molecule has 0 aliphatic carbocycles. The number of rotatable bonds is 6. The summed E-state index contributed by atoms with van der Waals surface area (Å²) in [5.74, 6) is -0.0703. The molecule has 4 rings (SSSR count). The molecule has 1 aliphatic heterocycles. The van der Waals surface area contributed by atoms with E-state index >= 15 is 0 Å². The normalized spacial score (nSPS) is 18.5. The summed E-state index contributed by atoms with van der Waals surface area (Å²) in [7, 11) is 1.75. The Morgan fingerprint density at radius 1 is 1.20 bits per heavy atom. The molecule has 3 heterocycles. The highest BCUT2D eigenvalue weighted by Crippen LogP contribution is 2.28. The molecule has 0 bridgehead atoms. The van der Waals surface area contributed by atoms with E-state index in [0.717, 1.165) is 11.8 Å². The molecular formula is C19H18N6O4S. The van der Waals surface area contributed by atoms with Crippen LogP contribution in [0.4, 0.5) is 4.79 Å². The molecule has 1 atom stereocenters. The van der Waals surface area contributed by atoms with Crippen LogP contribution in [0.1, 0.15) is 12.5 Å². The van der Waals surface area contributed by atoms with Gasteiger partial charge in [-0.05, 0) is 24.6 Å². The van der Waals surface area contributed by atoms with Crippen LogP contribution in [0.5, 0.6) is 0 Å². The summed E-state index contributed by atoms with van der Waals surface area (Å²) >= 11 is 1.12. The Morgan fingerprint density at radius 2 is 1.97 bits per heavy atom. The predicted molar refractivity (Wildman–Crippen MR) is 107 cm³/mol. The molecule has 1 unspecified atom stereocenters. The van der Waals surface area contributed by atoms with Gasteiger partial charge in [-0.2, -0.15) is 5.01 Å². The number of amides is 4. The van der Waals surface area contributed by atoms with E-state index < -0.39 is 23.4 Å². The lowest BCUT2D eigenvalue weighted by molar-refractivity contribution is -0.138. The zero-order chi connectivity index (χ0) is 21.3. The van der Waals surface area contributed by atoms with Crippen molar-refractivity contribution in [1.82, 2.24) is 30.5 Å². The van der Waals surface area contributed by atoms with Gasteiger partial charge in [0, 0.05) is 7.05 Å². The van der Waals surface area contributed by atoms with Gasteiger partial charge in [0.1, 0.15) is 5.54 Å². The van der Waals surface area contributed by atoms with Gasteiger partial charge >= 0.3 is 6.03 Å². The van der Waals surface area contributed by atoms with Gasteiger partial charge in [0.2, 0.25) is 5.91 Å². The number of carbonyl (C=O) groups is 3. The van der Waals surface area contributed by atoms with Crippen LogP contribution in [-0.4, -0.2) is 43.4 Å². The van der Waals surface area contributed by atoms with Crippen LogP contribution >= 0.6 is 11.8 Å². The fourth-order valence-electron chi connectivity index (χ4n) is 3.06. The second-order valence-corrected chi connectivity index (χ2v) is 7.67. The number of hydrogen-bond acceptors (Lipinski definition) is 7. The minimum atomic E-state index is -1.25. The summed E-state index contributed by atoms with van der Waals surface area (Å²) in [6.07, 6.45) is 1.53. The number of furan rings is 1. The molecule has 2 N–H and O–H groups in total. The van der Waals surface area contributed by atoms with Crippen molar-refractivity contribution < 1.29 is 18.8 Å². The van der Waals surface area contributed by atoms with E-state index in [1.807, 2.05) is 6.07 Å². The van der Waals surface area contributed by atoms with Gasteiger partial charge in [-0.3, -0.25) is 15.0 Å². The molecule has 0 radical (unpaired) electrons.